The van der Waals surface area contributed by atoms with Crippen molar-refractivity contribution in [3.63, 3.8) is 0 Å². The lowest BCUT2D eigenvalue weighted by molar-refractivity contribution is -0.121. The molecule has 1 fully saturated rings. The van der Waals surface area contributed by atoms with Crippen molar-refractivity contribution < 1.29 is 14.4 Å². The van der Waals surface area contributed by atoms with Gasteiger partial charge in [0.05, 0.1) is 11.3 Å². The molecule has 33 heavy (non-hydrogen) atoms. The zero-order valence-corrected chi connectivity index (χ0v) is 19.9. The fourth-order valence-corrected chi connectivity index (χ4v) is 5.02. The molecule has 2 aliphatic heterocycles. The Morgan fingerprint density at radius 2 is 1.58 bits per heavy atom. The van der Waals surface area contributed by atoms with Crippen molar-refractivity contribution in [2.45, 2.75) is 41.0 Å². The van der Waals surface area contributed by atoms with Crippen LogP contribution >= 0.6 is 0 Å². The molecule has 0 aromatic heterocycles. The minimum absolute atomic E-state index is 0.160. The number of anilines is 2. The Hall–Kier alpha value is -3.41. The van der Waals surface area contributed by atoms with E-state index in [9.17, 15) is 14.4 Å². The number of hydrogen-bond donors (Lipinski definition) is 1. The summed E-state index contributed by atoms with van der Waals surface area (Å²) < 4.78 is 0. The van der Waals surface area contributed by atoms with E-state index in [2.05, 4.69) is 24.1 Å². The highest BCUT2D eigenvalue weighted by atomic mass is 16.2. The number of nitrogens with one attached hydrogen (secondary N) is 1. The molecule has 0 bridgehead atoms. The Morgan fingerprint density at radius 3 is 2.18 bits per heavy atom. The smallest absolute Gasteiger partial charge is 0.282 e. The van der Waals surface area contributed by atoms with Gasteiger partial charge in [-0.25, -0.2) is 4.90 Å². The predicted octanol–water partition coefficient (Wildman–Crippen LogP) is 4.52. The standard InChI is InChI=1S/C27H31N3O3/c1-16-6-7-19(4)23(13-16)30-26(32)24(21-8-10-22(11-9-21)28-20(5)31)25(27(30)33)29-14-17(2)12-18(3)15-29/h6-11,13,17-18H,12,14-15H2,1-5H3,(H,28,31). The average Bonchev–Trinajstić information content (AvgIpc) is 2.99. The normalized spacial score (nSPS) is 21.1. The first-order valence-corrected chi connectivity index (χ1v) is 11.5. The number of rotatable bonds is 4. The van der Waals surface area contributed by atoms with E-state index in [0.717, 1.165) is 30.6 Å². The Kier molecular flexibility index (Phi) is 6.11. The fraction of sp³-hybridized carbons (Fsp3) is 0.370. The number of carbonyl (C=O) groups is 3. The molecule has 2 atom stereocenters. The van der Waals surface area contributed by atoms with Gasteiger partial charge in [-0.1, -0.05) is 38.1 Å². The minimum Gasteiger partial charge on any atom is -0.366 e. The van der Waals surface area contributed by atoms with Crippen LogP contribution in [0.5, 0.6) is 0 Å². The quantitative estimate of drug-likeness (QED) is 0.703. The molecule has 6 heteroatoms. The van der Waals surface area contributed by atoms with E-state index in [4.69, 9.17) is 0 Å². The Bertz CT molecular complexity index is 1140. The number of amides is 3. The number of imide groups is 1. The first kappa shape index (κ1) is 22.8. The average molecular weight is 446 g/mol. The van der Waals surface area contributed by atoms with Gasteiger partial charge in [0.1, 0.15) is 5.70 Å². The van der Waals surface area contributed by atoms with E-state index >= 15 is 0 Å². The van der Waals surface area contributed by atoms with Crippen LogP contribution in [0.3, 0.4) is 0 Å². The molecule has 0 spiro atoms. The van der Waals surface area contributed by atoms with Crippen molar-refractivity contribution in [2.24, 2.45) is 11.8 Å². The first-order valence-electron chi connectivity index (χ1n) is 11.5. The van der Waals surface area contributed by atoms with Gasteiger partial charge in [-0.2, -0.15) is 0 Å². The number of likely N-dealkylation sites (tertiary alicyclic amines) is 1. The molecule has 172 valence electrons. The number of benzene rings is 2. The zero-order chi connectivity index (χ0) is 23.9. The molecule has 2 heterocycles. The summed E-state index contributed by atoms with van der Waals surface area (Å²) in [7, 11) is 0. The van der Waals surface area contributed by atoms with Crippen LogP contribution in [0.25, 0.3) is 5.57 Å². The summed E-state index contributed by atoms with van der Waals surface area (Å²) in [6, 6.07) is 12.9. The van der Waals surface area contributed by atoms with Crippen molar-refractivity contribution in [1.29, 1.82) is 0 Å². The van der Waals surface area contributed by atoms with Crippen LogP contribution in [-0.2, 0) is 14.4 Å². The molecular formula is C27H31N3O3. The summed E-state index contributed by atoms with van der Waals surface area (Å²) in [5, 5.41) is 2.75. The van der Waals surface area contributed by atoms with E-state index in [1.54, 1.807) is 24.3 Å². The summed E-state index contributed by atoms with van der Waals surface area (Å²) in [5.41, 5.74) is 4.73. The van der Waals surface area contributed by atoms with Gasteiger partial charge in [0.2, 0.25) is 5.91 Å². The van der Waals surface area contributed by atoms with Crippen LogP contribution in [0.4, 0.5) is 11.4 Å². The summed E-state index contributed by atoms with van der Waals surface area (Å²) in [5.74, 6) is 0.134. The lowest BCUT2D eigenvalue weighted by Gasteiger charge is -2.37. The number of hydrogen-bond acceptors (Lipinski definition) is 4. The minimum atomic E-state index is -0.304. The highest BCUT2D eigenvalue weighted by Crippen LogP contribution is 2.38. The van der Waals surface area contributed by atoms with Crippen LogP contribution in [0.15, 0.2) is 48.2 Å². The maximum absolute atomic E-state index is 13.8. The summed E-state index contributed by atoms with van der Waals surface area (Å²) in [6.45, 7) is 11.2. The topological polar surface area (TPSA) is 69.7 Å². The molecule has 3 amide bonds. The monoisotopic (exact) mass is 445 g/mol. The van der Waals surface area contributed by atoms with Gasteiger partial charge in [0.15, 0.2) is 0 Å². The van der Waals surface area contributed by atoms with Crippen molar-refractivity contribution in [1.82, 2.24) is 4.90 Å². The maximum Gasteiger partial charge on any atom is 0.282 e. The largest absolute Gasteiger partial charge is 0.366 e. The van der Waals surface area contributed by atoms with Gasteiger partial charge in [0, 0.05) is 25.7 Å². The van der Waals surface area contributed by atoms with Gasteiger partial charge in [0.25, 0.3) is 11.8 Å². The molecule has 0 radical (unpaired) electrons. The highest BCUT2D eigenvalue weighted by Gasteiger charge is 2.44. The van der Waals surface area contributed by atoms with Gasteiger partial charge in [-0.05, 0) is 67.0 Å². The third kappa shape index (κ3) is 4.42. The molecule has 2 aliphatic rings. The van der Waals surface area contributed by atoms with Crippen LogP contribution in [0.1, 0.15) is 43.9 Å². The van der Waals surface area contributed by atoms with E-state index < -0.39 is 0 Å². The molecule has 2 unspecified atom stereocenters. The molecule has 2 aromatic carbocycles. The SMILES string of the molecule is CC(=O)Nc1ccc(C2=C(N3CC(C)CC(C)C3)C(=O)N(c3cc(C)ccc3C)C2=O)cc1. The second kappa shape index (κ2) is 8.85. The first-order chi connectivity index (χ1) is 15.7. The fourth-order valence-electron chi connectivity index (χ4n) is 5.02. The van der Waals surface area contributed by atoms with Crippen LogP contribution < -0.4 is 10.2 Å². The number of aryl methyl sites for hydroxylation is 2. The van der Waals surface area contributed by atoms with E-state index in [1.807, 2.05) is 32.0 Å². The van der Waals surface area contributed by atoms with Crippen molar-refractivity contribution in [2.75, 3.05) is 23.3 Å². The second-order valence-corrected chi connectivity index (χ2v) is 9.57. The maximum atomic E-state index is 13.8. The summed E-state index contributed by atoms with van der Waals surface area (Å²) >= 11 is 0. The van der Waals surface area contributed by atoms with Gasteiger partial charge < -0.3 is 10.2 Å². The molecule has 0 saturated carbocycles. The lowest BCUT2D eigenvalue weighted by atomic mass is 9.91. The molecule has 1 N–H and O–H groups in total. The van der Waals surface area contributed by atoms with Gasteiger partial charge >= 0.3 is 0 Å². The van der Waals surface area contributed by atoms with E-state index in [0.29, 0.717) is 40.0 Å². The highest BCUT2D eigenvalue weighted by molar-refractivity contribution is 6.45. The van der Waals surface area contributed by atoms with Crippen LogP contribution in [0.2, 0.25) is 0 Å². The summed E-state index contributed by atoms with van der Waals surface area (Å²) in [6.07, 6.45) is 1.10. The van der Waals surface area contributed by atoms with Crippen LogP contribution in [-0.4, -0.2) is 35.7 Å². The molecule has 2 aromatic rings. The Labute approximate surface area is 195 Å². The molecular weight excluding hydrogens is 414 g/mol. The third-order valence-electron chi connectivity index (χ3n) is 6.34. The lowest BCUT2D eigenvalue weighted by Crippen LogP contribution is -2.42. The molecule has 4 rings (SSSR count). The number of carbonyl (C=O) groups excluding carboxylic acids is 3. The van der Waals surface area contributed by atoms with Crippen molar-refractivity contribution in [3.05, 3.63) is 64.9 Å². The van der Waals surface area contributed by atoms with Gasteiger partial charge in [-0.15, -0.1) is 0 Å². The molecule has 1 saturated heterocycles. The van der Waals surface area contributed by atoms with Crippen molar-refractivity contribution in [3.8, 4) is 0 Å². The number of nitrogens with zero attached hydrogens (tertiary/aromatic N) is 2. The number of piperidine rings is 1. The summed E-state index contributed by atoms with van der Waals surface area (Å²) in [4.78, 5) is 42.5. The van der Waals surface area contributed by atoms with Gasteiger partial charge in [-0.3, -0.25) is 14.4 Å². The Balaban J connectivity index is 1.82. The predicted molar refractivity (Wildman–Crippen MR) is 131 cm³/mol. The van der Waals surface area contributed by atoms with Crippen LogP contribution in [0, 0.1) is 25.7 Å². The molecule has 0 aliphatic carbocycles. The van der Waals surface area contributed by atoms with E-state index in [1.165, 1.54) is 11.8 Å². The van der Waals surface area contributed by atoms with E-state index in [-0.39, 0.29) is 17.7 Å². The third-order valence-corrected chi connectivity index (χ3v) is 6.34. The molecule has 6 nitrogen and oxygen atoms in total. The zero-order valence-electron chi connectivity index (χ0n) is 19.9. The van der Waals surface area contributed by atoms with Crippen molar-refractivity contribution >= 4 is 34.7 Å². The Morgan fingerprint density at radius 1 is 0.939 bits per heavy atom. The second-order valence-electron chi connectivity index (χ2n) is 9.57.